The molecule has 25 heavy (non-hydrogen) atoms. The third-order valence-corrected chi connectivity index (χ3v) is 4.75. The second-order valence-corrected chi connectivity index (χ2v) is 6.80. The molecule has 2 N–H and O–H groups in total. The minimum atomic E-state index is -0.347. The molecular formula is C18H26FN5O. The van der Waals surface area contributed by atoms with Crippen molar-refractivity contribution in [3.8, 4) is 0 Å². The molecule has 1 fully saturated rings. The molecule has 1 amide bonds. The Morgan fingerprint density at radius 3 is 2.76 bits per heavy atom. The molecule has 0 aliphatic carbocycles. The maximum Gasteiger partial charge on any atom is 0.287 e. The van der Waals surface area contributed by atoms with Crippen molar-refractivity contribution in [2.24, 2.45) is 5.92 Å². The Kier molecular flexibility index (Phi) is 5.65. The molecule has 0 saturated carbocycles. The van der Waals surface area contributed by atoms with E-state index in [4.69, 9.17) is 0 Å². The van der Waals surface area contributed by atoms with Gasteiger partial charge in [-0.2, -0.15) is 0 Å². The normalized spacial score (nSPS) is 17.7. The number of carbonyl (C=O) groups is 1. The van der Waals surface area contributed by atoms with Crippen molar-refractivity contribution in [1.29, 1.82) is 0 Å². The predicted octanol–water partition coefficient (Wildman–Crippen LogP) is 1.71. The first kappa shape index (κ1) is 17.8. The van der Waals surface area contributed by atoms with Crippen LogP contribution < -0.4 is 5.32 Å². The fraction of sp³-hybridized carbons (Fsp3) is 0.556. The van der Waals surface area contributed by atoms with E-state index in [0.717, 1.165) is 39.3 Å². The zero-order valence-electron chi connectivity index (χ0n) is 14.9. The first-order chi connectivity index (χ1) is 12.0. The molecule has 2 aromatic rings. The number of aromatic amines is 1. The van der Waals surface area contributed by atoms with Crippen LogP contribution in [0.3, 0.4) is 0 Å². The lowest BCUT2D eigenvalue weighted by atomic mass is 10.1. The summed E-state index contributed by atoms with van der Waals surface area (Å²) < 4.78 is 13.2. The number of rotatable bonds is 6. The van der Waals surface area contributed by atoms with E-state index in [1.54, 1.807) is 6.07 Å². The first-order valence-electron chi connectivity index (χ1n) is 8.93. The van der Waals surface area contributed by atoms with E-state index in [2.05, 4.69) is 38.9 Å². The molecule has 6 nitrogen and oxygen atoms in total. The fourth-order valence-corrected chi connectivity index (χ4v) is 3.23. The smallest absolute Gasteiger partial charge is 0.287 e. The Morgan fingerprint density at radius 2 is 2.04 bits per heavy atom. The van der Waals surface area contributed by atoms with E-state index >= 15 is 0 Å². The number of hydrogen-bond donors (Lipinski definition) is 2. The second-order valence-electron chi connectivity index (χ2n) is 6.80. The van der Waals surface area contributed by atoms with Gasteiger partial charge in [0.05, 0.1) is 11.0 Å². The lowest BCUT2D eigenvalue weighted by Crippen LogP contribution is -2.48. The highest BCUT2D eigenvalue weighted by Crippen LogP contribution is 2.13. The van der Waals surface area contributed by atoms with Gasteiger partial charge in [0.25, 0.3) is 5.91 Å². The zero-order chi connectivity index (χ0) is 17.8. The van der Waals surface area contributed by atoms with Gasteiger partial charge in [0.1, 0.15) is 5.82 Å². The summed E-state index contributed by atoms with van der Waals surface area (Å²) in [5, 5.41) is 2.92. The van der Waals surface area contributed by atoms with Gasteiger partial charge in [-0.1, -0.05) is 13.8 Å². The third kappa shape index (κ3) is 4.55. The van der Waals surface area contributed by atoms with Crippen LogP contribution >= 0.6 is 0 Å². The van der Waals surface area contributed by atoms with E-state index < -0.39 is 0 Å². The number of likely N-dealkylation sites (N-methyl/N-ethyl adjacent to an activating group) is 1. The van der Waals surface area contributed by atoms with Crippen molar-refractivity contribution in [1.82, 2.24) is 25.1 Å². The summed E-state index contributed by atoms with van der Waals surface area (Å²) in [4.78, 5) is 24.3. The molecule has 1 unspecified atom stereocenters. The van der Waals surface area contributed by atoms with Gasteiger partial charge in [-0.3, -0.25) is 4.79 Å². The number of hydrogen-bond acceptors (Lipinski definition) is 4. The number of carbonyl (C=O) groups excluding carboxylic acids is 1. The lowest BCUT2D eigenvalue weighted by molar-refractivity contribution is 0.0925. The summed E-state index contributed by atoms with van der Waals surface area (Å²) in [5.41, 5.74) is 1.13. The predicted molar refractivity (Wildman–Crippen MR) is 96.1 cm³/mol. The topological polar surface area (TPSA) is 64.3 Å². The van der Waals surface area contributed by atoms with Gasteiger partial charge < -0.3 is 20.1 Å². The van der Waals surface area contributed by atoms with Crippen molar-refractivity contribution < 1.29 is 9.18 Å². The quantitative estimate of drug-likeness (QED) is 0.835. The Hall–Kier alpha value is -1.99. The summed E-state index contributed by atoms with van der Waals surface area (Å²) in [7, 11) is 0. The van der Waals surface area contributed by atoms with E-state index in [1.807, 2.05) is 0 Å². The molecular weight excluding hydrogens is 321 g/mol. The number of imidazole rings is 1. The Morgan fingerprint density at radius 1 is 1.32 bits per heavy atom. The van der Waals surface area contributed by atoms with Crippen LogP contribution in [-0.2, 0) is 0 Å². The van der Waals surface area contributed by atoms with Gasteiger partial charge in [0, 0.05) is 39.3 Å². The van der Waals surface area contributed by atoms with Crippen molar-refractivity contribution >= 4 is 16.9 Å². The van der Waals surface area contributed by atoms with Crippen molar-refractivity contribution in [3.63, 3.8) is 0 Å². The Balaban J connectivity index is 1.47. The van der Waals surface area contributed by atoms with Gasteiger partial charge in [-0.25, -0.2) is 9.37 Å². The van der Waals surface area contributed by atoms with Crippen LogP contribution in [0.1, 0.15) is 24.5 Å². The monoisotopic (exact) mass is 347 g/mol. The molecule has 2 heterocycles. The molecule has 3 rings (SSSR count). The van der Waals surface area contributed by atoms with Gasteiger partial charge >= 0.3 is 0 Å². The summed E-state index contributed by atoms with van der Waals surface area (Å²) in [6.07, 6.45) is 0. The molecule has 1 atom stereocenters. The van der Waals surface area contributed by atoms with Crippen LogP contribution in [0.4, 0.5) is 4.39 Å². The molecule has 136 valence electrons. The fourth-order valence-electron chi connectivity index (χ4n) is 3.23. The minimum absolute atomic E-state index is 0.226. The number of amides is 1. The van der Waals surface area contributed by atoms with Crippen molar-refractivity contribution in [2.75, 3.05) is 45.8 Å². The van der Waals surface area contributed by atoms with Crippen LogP contribution in [-0.4, -0.2) is 71.5 Å². The molecule has 1 aromatic heterocycles. The maximum absolute atomic E-state index is 13.2. The lowest BCUT2D eigenvalue weighted by Gasteiger charge is -2.35. The molecule has 0 radical (unpaired) electrons. The second kappa shape index (κ2) is 7.93. The highest BCUT2D eigenvalue weighted by atomic mass is 19.1. The number of halogens is 1. The third-order valence-electron chi connectivity index (χ3n) is 4.75. The van der Waals surface area contributed by atoms with E-state index in [0.29, 0.717) is 23.5 Å². The number of nitrogens with one attached hydrogen (secondary N) is 2. The SMILES string of the molecule is CCN1CCN(CC(C)CNC(=O)c2nc3ccc(F)cc3[nH]2)CC1. The number of nitrogens with zero attached hydrogens (tertiary/aromatic N) is 3. The van der Waals surface area contributed by atoms with Gasteiger partial charge in [0.2, 0.25) is 0 Å². The average Bonchev–Trinajstić information content (AvgIpc) is 3.03. The molecule has 1 aliphatic rings. The number of aromatic nitrogens is 2. The molecule has 0 spiro atoms. The largest absolute Gasteiger partial charge is 0.349 e. The molecule has 1 aromatic carbocycles. The first-order valence-corrected chi connectivity index (χ1v) is 8.93. The summed E-state index contributed by atoms with van der Waals surface area (Å²) >= 11 is 0. The van der Waals surface area contributed by atoms with Crippen LogP contribution in [0.25, 0.3) is 11.0 Å². The number of H-pyrrole nitrogens is 1. The average molecular weight is 347 g/mol. The molecule has 0 bridgehead atoms. The van der Waals surface area contributed by atoms with E-state index in [9.17, 15) is 9.18 Å². The highest BCUT2D eigenvalue weighted by Gasteiger charge is 2.18. The van der Waals surface area contributed by atoms with Gasteiger partial charge in [-0.15, -0.1) is 0 Å². The van der Waals surface area contributed by atoms with Crippen LogP contribution in [0, 0.1) is 11.7 Å². The minimum Gasteiger partial charge on any atom is -0.349 e. The van der Waals surface area contributed by atoms with E-state index in [1.165, 1.54) is 12.1 Å². The number of piperazine rings is 1. The van der Waals surface area contributed by atoms with Crippen molar-refractivity contribution in [3.05, 3.63) is 29.8 Å². The van der Waals surface area contributed by atoms with Crippen LogP contribution in [0.2, 0.25) is 0 Å². The molecule has 1 saturated heterocycles. The Labute approximate surface area is 147 Å². The standard InChI is InChI=1S/C18H26FN5O/c1-3-23-6-8-24(9-7-23)12-13(2)11-20-18(25)17-21-15-5-4-14(19)10-16(15)22-17/h4-5,10,13H,3,6-9,11-12H2,1-2H3,(H,20,25)(H,21,22). The zero-order valence-corrected chi connectivity index (χ0v) is 14.9. The molecule has 7 heteroatoms. The summed E-state index contributed by atoms with van der Waals surface area (Å²) in [5.74, 6) is -0.0116. The van der Waals surface area contributed by atoms with Crippen LogP contribution in [0.15, 0.2) is 18.2 Å². The Bertz CT molecular complexity index is 723. The number of fused-ring (bicyclic) bond motifs is 1. The number of benzene rings is 1. The van der Waals surface area contributed by atoms with E-state index in [-0.39, 0.29) is 17.5 Å². The maximum atomic E-state index is 13.2. The van der Waals surface area contributed by atoms with Gasteiger partial charge in [-0.05, 0) is 30.7 Å². The van der Waals surface area contributed by atoms with Gasteiger partial charge in [0.15, 0.2) is 5.82 Å². The van der Waals surface area contributed by atoms with Crippen LogP contribution in [0.5, 0.6) is 0 Å². The van der Waals surface area contributed by atoms with Crippen molar-refractivity contribution in [2.45, 2.75) is 13.8 Å². The molecule has 1 aliphatic heterocycles. The summed E-state index contributed by atoms with van der Waals surface area (Å²) in [6.45, 7) is 11.4. The highest BCUT2D eigenvalue weighted by molar-refractivity contribution is 5.94. The summed E-state index contributed by atoms with van der Waals surface area (Å²) in [6, 6.07) is 4.25.